The zero-order valence-electron chi connectivity index (χ0n) is 19.5. The average molecular weight is 475 g/mol. The van der Waals surface area contributed by atoms with Crippen LogP contribution >= 0.6 is 0 Å². The summed E-state index contributed by atoms with van der Waals surface area (Å²) in [5, 5.41) is 11.4. The molecule has 1 aromatic heterocycles. The van der Waals surface area contributed by atoms with Gasteiger partial charge in [0.25, 0.3) is 5.91 Å². The topological polar surface area (TPSA) is 75.4 Å². The summed E-state index contributed by atoms with van der Waals surface area (Å²) >= 11 is 0. The van der Waals surface area contributed by atoms with Crippen LogP contribution in [0.1, 0.15) is 42.6 Å². The van der Waals surface area contributed by atoms with Crippen LogP contribution in [-0.4, -0.2) is 57.8 Å². The highest BCUT2D eigenvalue weighted by Gasteiger charge is 2.34. The molecule has 0 unspecified atom stereocenters. The Morgan fingerprint density at radius 3 is 2.65 bits per heavy atom. The van der Waals surface area contributed by atoms with Crippen molar-refractivity contribution in [2.45, 2.75) is 45.8 Å². The van der Waals surface area contributed by atoms with E-state index in [-0.39, 0.29) is 23.7 Å². The van der Waals surface area contributed by atoms with Gasteiger partial charge in [-0.05, 0) is 57.0 Å². The predicted octanol–water partition coefficient (Wildman–Crippen LogP) is 4.46. The first-order valence-electron chi connectivity index (χ1n) is 11.1. The van der Waals surface area contributed by atoms with Crippen molar-refractivity contribution in [3.05, 3.63) is 65.3 Å². The number of halogens is 3. The molecule has 0 aliphatic carbocycles. The lowest BCUT2D eigenvalue weighted by molar-refractivity contribution is -0.0913. The highest BCUT2D eigenvalue weighted by atomic mass is 19.4. The monoisotopic (exact) mass is 474 g/mol. The number of rotatable bonds is 7. The van der Waals surface area contributed by atoms with Crippen molar-refractivity contribution in [3.63, 3.8) is 0 Å². The number of piperidine rings is 1. The molecule has 7 nitrogen and oxygen atoms in total. The van der Waals surface area contributed by atoms with E-state index in [1.54, 1.807) is 18.5 Å². The minimum absolute atomic E-state index is 0.131. The van der Waals surface area contributed by atoms with Crippen LogP contribution in [0.25, 0.3) is 5.69 Å². The van der Waals surface area contributed by atoms with Crippen LogP contribution in [0, 0.1) is 12.8 Å². The number of aromatic nitrogens is 3. The number of carbonyl (C=O) groups is 1. The third kappa shape index (κ3) is 5.73. The molecule has 1 aromatic carbocycles. The second-order valence-electron chi connectivity index (χ2n) is 8.41. The molecule has 1 aliphatic heterocycles. The van der Waals surface area contributed by atoms with Crippen molar-refractivity contribution in [1.29, 1.82) is 0 Å². The number of carbonyl (C=O) groups excluding carboxylic acids is 1. The fourth-order valence-corrected chi connectivity index (χ4v) is 4.07. The first-order chi connectivity index (χ1) is 16.1. The fourth-order valence-electron chi connectivity index (χ4n) is 4.07. The van der Waals surface area contributed by atoms with Crippen molar-refractivity contribution in [2.24, 2.45) is 10.9 Å². The van der Waals surface area contributed by atoms with Crippen LogP contribution in [0.15, 0.2) is 59.1 Å². The second-order valence-corrected chi connectivity index (χ2v) is 8.41. The van der Waals surface area contributed by atoms with Gasteiger partial charge in [-0.1, -0.05) is 25.1 Å². The van der Waals surface area contributed by atoms with Crippen LogP contribution in [-0.2, 0) is 0 Å². The van der Waals surface area contributed by atoms with Crippen LogP contribution in [0.3, 0.4) is 0 Å². The van der Waals surface area contributed by atoms with Gasteiger partial charge in [-0.25, -0.2) is 4.99 Å². The molecule has 0 bridgehead atoms. The van der Waals surface area contributed by atoms with Gasteiger partial charge < -0.3 is 10.2 Å². The zero-order valence-corrected chi connectivity index (χ0v) is 19.5. The first-order valence-corrected chi connectivity index (χ1v) is 11.1. The van der Waals surface area contributed by atoms with Gasteiger partial charge in [0.2, 0.25) is 0 Å². The van der Waals surface area contributed by atoms with Crippen LogP contribution in [0.2, 0.25) is 0 Å². The SMILES string of the molecule is C=N/C(=C\C=C(/C)C(F)(F)F)NC[C@@H]1[C@H](C)CCCN1C(=O)c1c(C)cccc1-n1nccn1. The normalized spacial score (nSPS) is 19.8. The van der Waals surface area contributed by atoms with Crippen LogP contribution in [0.5, 0.6) is 0 Å². The van der Waals surface area contributed by atoms with Crippen LogP contribution < -0.4 is 5.32 Å². The quantitative estimate of drug-likeness (QED) is 0.475. The molecule has 1 N–H and O–H groups in total. The number of allylic oxidation sites excluding steroid dienone is 3. The van der Waals surface area contributed by atoms with E-state index in [0.717, 1.165) is 31.4 Å². The molecule has 1 aliphatic rings. The molecule has 182 valence electrons. The summed E-state index contributed by atoms with van der Waals surface area (Å²) in [7, 11) is 0. The molecule has 2 atom stereocenters. The third-order valence-electron chi connectivity index (χ3n) is 6.08. The van der Waals surface area contributed by atoms with Gasteiger partial charge in [-0.2, -0.15) is 28.2 Å². The van der Waals surface area contributed by atoms with Crippen molar-refractivity contribution >= 4 is 12.6 Å². The molecule has 34 heavy (non-hydrogen) atoms. The van der Waals surface area contributed by atoms with Crippen molar-refractivity contribution in [2.75, 3.05) is 13.1 Å². The van der Waals surface area contributed by atoms with Gasteiger partial charge in [0.05, 0.1) is 29.7 Å². The molecule has 0 radical (unpaired) electrons. The number of benzene rings is 1. The molecule has 0 saturated carbocycles. The zero-order chi connectivity index (χ0) is 24.9. The number of alkyl halides is 3. The van der Waals surface area contributed by atoms with E-state index in [4.69, 9.17) is 0 Å². The van der Waals surface area contributed by atoms with Gasteiger partial charge >= 0.3 is 6.18 Å². The number of amides is 1. The summed E-state index contributed by atoms with van der Waals surface area (Å²) in [6.07, 6.45) is 2.71. The lowest BCUT2D eigenvalue weighted by Crippen LogP contribution is -2.52. The van der Waals surface area contributed by atoms with E-state index >= 15 is 0 Å². The number of nitrogens with one attached hydrogen (secondary N) is 1. The number of aliphatic imine (C=N–C) groups is 1. The summed E-state index contributed by atoms with van der Waals surface area (Å²) < 4.78 is 38.3. The fraction of sp³-hybridized carbons (Fsp3) is 0.417. The molecule has 0 spiro atoms. The molecule has 1 fully saturated rings. The first kappa shape index (κ1) is 25.2. The third-order valence-corrected chi connectivity index (χ3v) is 6.08. The summed E-state index contributed by atoms with van der Waals surface area (Å²) in [4.78, 5) is 20.8. The van der Waals surface area contributed by atoms with Crippen LogP contribution in [0.4, 0.5) is 13.2 Å². The van der Waals surface area contributed by atoms with E-state index in [1.807, 2.05) is 24.0 Å². The standard InChI is InChI=1S/C24H29F3N6O/c1-16-8-6-14-32(20(16)15-29-21(28-4)11-10-18(3)24(25,26)27)23(34)22-17(2)7-5-9-19(22)33-30-12-13-31-33/h5,7,9-13,16,20,29H,4,6,8,14-15H2,1-3H3/b18-10+,21-11+/t16-,20-/m1/s1. The van der Waals surface area contributed by atoms with E-state index in [1.165, 1.54) is 10.9 Å². The number of aryl methyl sites for hydroxylation is 1. The van der Waals surface area contributed by atoms with E-state index < -0.39 is 11.7 Å². The minimum Gasteiger partial charge on any atom is -0.368 e. The van der Waals surface area contributed by atoms with Gasteiger partial charge in [0, 0.05) is 18.7 Å². The van der Waals surface area contributed by atoms with E-state index in [0.29, 0.717) is 24.3 Å². The summed E-state index contributed by atoms with van der Waals surface area (Å²) in [5.74, 6) is 0.263. The van der Waals surface area contributed by atoms with E-state index in [2.05, 4.69) is 34.1 Å². The summed E-state index contributed by atoms with van der Waals surface area (Å²) in [6, 6.07) is 5.35. The highest BCUT2D eigenvalue weighted by Crippen LogP contribution is 2.28. The Kier molecular flexibility index (Phi) is 7.90. The number of nitrogens with zero attached hydrogens (tertiary/aromatic N) is 5. The predicted molar refractivity (Wildman–Crippen MR) is 125 cm³/mol. The Bertz CT molecular complexity index is 1070. The maximum atomic E-state index is 13.8. The van der Waals surface area contributed by atoms with Crippen molar-refractivity contribution < 1.29 is 18.0 Å². The molecule has 2 heterocycles. The Morgan fingerprint density at radius 1 is 1.29 bits per heavy atom. The lowest BCUT2D eigenvalue weighted by Gasteiger charge is -2.40. The molecular weight excluding hydrogens is 445 g/mol. The molecule has 1 amide bonds. The maximum Gasteiger partial charge on any atom is 0.412 e. The van der Waals surface area contributed by atoms with Gasteiger partial charge in [0.1, 0.15) is 5.82 Å². The largest absolute Gasteiger partial charge is 0.412 e. The van der Waals surface area contributed by atoms with E-state index in [9.17, 15) is 18.0 Å². The minimum atomic E-state index is -4.40. The summed E-state index contributed by atoms with van der Waals surface area (Å²) in [5.41, 5.74) is 1.20. The van der Waals surface area contributed by atoms with Gasteiger partial charge in [-0.15, -0.1) is 0 Å². The highest BCUT2D eigenvalue weighted by molar-refractivity contribution is 5.99. The smallest absolute Gasteiger partial charge is 0.368 e. The number of hydrogen-bond donors (Lipinski definition) is 1. The van der Waals surface area contributed by atoms with Gasteiger partial charge in [-0.3, -0.25) is 4.79 Å². The van der Waals surface area contributed by atoms with Crippen molar-refractivity contribution in [1.82, 2.24) is 25.2 Å². The maximum absolute atomic E-state index is 13.8. The van der Waals surface area contributed by atoms with Gasteiger partial charge in [0.15, 0.2) is 0 Å². The molecule has 1 saturated heterocycles. The Labute approximate surface area is 197 Å². The molecular formula is C24H29F3N6O. The molecule has 10 heteroatoms. The second kappa shape index (κ2) is 10.7. The Hall–Kier alpha value is -3.43. The molecule has 3 rings (SSSR count). The number of likely N-dealkylation sites (tertiary alicyclic amines) is 1. The lowest BCUT2D eigenvalue weighted by atomic mass is 9.89. The summed E-state index contributed by atoms with van der Waals surface area (Å²) in [6.45, 7) is 9.29. The average Bonchev–Trinajstić information content (AvgIpc) is 3.33. The van der Waals surface area contributed by atoms with Crippen molar-refractivity contribution in [3.8, 4) is 5.69 Å². The Morgan fingerprint density at radius 2 is 2.00 bits per heavy atom. The Balaban J connectivity index is 1.85. The molecule has 2 aromatic rings. The number of hydrogen-bond acceptors (Lipinski definition) is 5.